The van der Waals surface area contributed by atoms with Crippen LogP contribution in [-0.4, -0.2) is 22.1 Å². The van der Waals surface area contributed by atoms with Gasteiger partial charge in [0, 0.05) is 0 Å². The van der Waals surface area contributed by atoms with Crippen LogP contribution in [0.15, 0.2) is 42.5 Å². The molecule has 138 valence electrons. The fourth-order valence-electron chi connectivity index (χ4n) is 3.36. The molecule has 0 radical (unpaired) electrons. The molecule has 0 amide bonds. The molecule has 26 heavy (non-hydrogen) atoms. The smallest absolute Gasteiger partial charge is 0.146 e. The summed E-state index contributed by atoms with van der Waals surface area (Å²) in [7, 11) is 1.69. The molecule has 0 spiro atoms. The van der Waals surface area contributed by atoms with E-state index >= 15 is 0 Å². The summed E-state index contributed by atoms with van der Waals surface area (Å²) in [6.07, 6.45) is 7.81. The Kier molecular flexibility index (Phi) is 6.26. The maximum absolute atomic E-state index is 5.56. The average Bonchev–Trinajstić information content (AvgIpc) is 3.11. The summed E-state index contributed by atoms with van der Waals surface area (Å²) >= 11 is 0. The molecule has 1 unspecified atom stereocenters. The molecule has 4 heteroatoms. The van der Waals surface area contributed by atoms with Gasteiger partial charge in [0.2, 0.25) is 0 Å². The molecule has 3 aromatic rings. The Morgan fingerprint density at radius 1 is 0.962 bits per heavy atom. The van der Waals surface area contributed by atoms with Gasteiger partial charge in [-0.3, -0.25) is 0 Å². The number of hydrogen-bond acceptors (Lipinski definition) is 3. The van der Waals surface area contributed by atoms with E-state index in [2.05, 4.69) is 36.2 Å². The first kappa shape index (κ1) is 18.4. The molecular formula is C22H29N3O. The number of methoxy groups -OCH3 is 1. The maximum Gasteiger partial charge on any atom is 0.146 e. The lowest BCUT2D eigenvalue weighted by atomic mass is 9.94. The summed E-state index contributed by atoms with van der Waals surface area (Å²) in [4.78, 5) is 1.70. The van der Waals surface area contributed by atoms with Gasteiger partial charge in [0.25, 0.3) is 0 Å². The molecule has 0 bridgehead atoms. The minimum atomic E-state index is 0.520. The normalized spacial score (nSPS) is 12.4. The van der Waals surface area contributed by atoms with Crippen LogP contribution >= 0.6 is 0 Å². The number of fused-ring (bicyclic) bond motifs is 1. The monoisotopic (exact) mass is 351 g/mol. The Morgan fingerprint density at radius 2 is 1.65 bits per heavy atom. The first-order valence-corrected chi connectivity index (χ1v) is 9.73. The van der Waals surface area contributed by atoms with Crippen molar-refractivity contribution in [1.82, 2.24) is 15.0 Å². The van der Waals surface area contributed by atoms with Gasteiger partial charge in [0.1, 0.15) is 22.5 Å². The number of ether oxygens (including phenoxy) is 1. The summed E-state index contributed by atoms with van der Waals surface area (Å²) < 4.78 is 5.56. The highest BCUT2D eigenvalue weighted by atomic mass is 16.5. The fraction of sp³-hybridized carbons (Fsp3) is 0.455. The topological polar surface area (TPSA) is 39.9 Å². The molecule has 0 saturated carbocycles. The molecule has 1 atom stereocenters. The molecule has 3 rings (SSSR count). The minimum Gasteiger partial charge on any atom is -0.494 e. The molecule has 0 aliphatic carbocycles. The third-order valence-corrected chi connectivity index (χ3v) is 5.01. The Morgan fingerprint density at radius 3 is 2.31 bits per heavy atom. The Hall–Kier alpha value is -2.36. The van der Waals surface area contributed by atoms with E-state index in [4.69, 9.17) is 4.74 Å². The van der Waals surface area contributed by atoms with Crippen molar-refractivity contribution in [2.75, 3.05) is 7.11 Å². The number of unbranched alkanes of at least 4 members (excludes halogenated alkanes) is 4. The summed E-state index contributed by atoms with van der Waals surface area (Å²) in [5.74, 6) is 1.32. The molecular weight excluding hydrogens is 322 g/mol. The van der Waals surface area contributed by atoms with Crippen molar-refractivity contribution < 1.29 is 4.74 Å². The van der Waals surface area contributed by atoms with Crippen molar-refractivity contribution in [1.29, 1.82) is 0 Å². The van der Waals surface area contributed by atoms with Gasteiger partial charge < -0.3 is 4.74 Å². The van der Waals surface area contributed by atoms with Gasteiger partial charge in [-0.05, 0) is 42.2 Å². The van der Waals surface area contributed by atoms with E-state index in [0.29, 0.717) is 5.92 Å². The molecule has 0 fully saturated rings. The van der Waals surface area contributed by atoms with Crippen molar-refractivity contribution in [3.63, 3.8) is 0 Å². The Balaban J connectivity index is 1.80. The fourth-order valence-corrected chi connectivity index (χ4v) is 3.36. The molecule has 0 N–H and O–H groups in total. The number of rotatable bonds is 9. The van der Waals surface area contributed by atoms with Gasteiger partial charge in [-0.1, -0.05) is 64.2 Å². The van der Waals surface area contributed by atoms with Crippen molar-refractivity contribution >= 4 is 11.0 Å². The second kappa shape index (κ2) is 8.84. The second-order valence-corrected chi connectivity index (χ2v) is 7.01. The third kappa shape index (κ3) is 4.24. The molecule has 1 aromatic heterocycles. The summed E-state index contributed by atoms with van der Waals surface area (Å²) in [5, 5.41) is 9.23. The zero-order valence-corrected chi connectivity index (χ0v) is 16.1. The van der Waals surface area contributed by atoms with Crippen LogP contribution in [0.3, 0.4) is 0 Å². The summed E-state index contributed by atoms with van der Waals surface area (Å²) in [6.45, 7) is 4.56. The lowest BCUT2D eigenvalue weighted by Crippen LogP contribution is -2.04. The van der Waals surface area contributed by atoms with Crippen LogP contribution in [0.2, 0.25) is 0 Å². The lowest BCUT2D eigenvalue weighted by molar-refractivity contribution is 0.410. The van der Waals surface area contributed by atoms with E-state index in [0.717, 1.165) is 22.5 Å². The van der Waals surface area contributed by atoms with Gasteiger partial charge in [0.15, 0.2) is 0 Å². The zero-order chi connectivity index (χ0) is 18.4. The van der Waals surface area contributed by atoms with Crippen molar-refractivity contribution in [2.45, 2.75) is 58.3 Å². The van der Waals surface area contributed by atoms with Crippen molar-refractivity contribution in [3.05, 3.63) is 48.0 Å². The highest BCUT2D eigenvalue weighted by molar-refractivity contribution is 5.73. The Bertz CT molecular complexity index is 807. The van der Waals surface area contributed by atoms with Crippen molar-refractivity contribution in [3.8, 4) is 11.4 Å². The van der Waals surface area contributed by atoms with Crippen LogP contribution in [0.5, 0.6) is 5.75 Å². The largest absolute Gasteiger partial charge is 0.494 e. The van der Waals surface area contributed by atoms with Crippen molar-refractivity contribution in [2.24, 2.45) is 0 Å². The number of benzene rings is 2. The molecule has 1 heterocycles. The number of aromatic nitrogens is 3. The second-order valence-electron chi connectivity index (χ2n) is 7.01. The average molecular weight is 351 g/mol. The van der Waals surface area contributed by atoms with Crippen LogP contribution in [0, 0.1) is 0 Å². The van der Waals surface area contributed by atoms with E-state index in [-0.39, 0.29) is 0 Å². The van der Waals surface area contributed by atoms with Crippen LogP contribution in [0.4, 0.5) is 0 Å². The van der Waals surface area contributed by atoms with Gasteiger partial charge in [-0.15, -0.1) is 15.0 Å². The van der Waals surface area contributed by atoms with Crippen LogP contribution in [-0.2, 0) is 0 Å². The summed E-state index contributed by atoms with van der Waals surface area (Å²) in [6, 6.07) is 14.3. The van der Waals surface area contributed by atoms with Crippen LogP contribution < -0.4 is 4.74 Å². The molecule has 0 aliphatic heterocycles. The number of nitrogens with zero attached hydrogens (tertiary/aromatic N) is 3. The van der Waals surface area contributed by atoms with E-state index in [1.165, 1.54) is 44.1 Å². The van der Waals surface area contributed by atoms with E-state index in [9.17, 15) is 0 Å². The van der Waals surface area contributed by atoms with Crippen LogP contribution in [0.1, 0.15) is 63.9 Å². The van der Waals surface area contributed by atoms with Gasteiger partial charge >= 0.3 is 0 Å². The van der Waals surface area contributed by atoms with Gasteiger partial charge in [-0.25, -0.2) is 0 Å². The Labute approximate surface area is 156 Å². The predicted octanol–water partition coefficient (Wildman–Crippen LogP) is 5.89. The minimum absolute atomic E-state index is 0.520. The standard InChI is InChI=1S/C22H29N3O/c1-4-5-6-7-8-11-17(2)18-14-15-22(26-3)21(16-18)25-23-19-12-9-10-13-20(19)24-25/h9-10,12-17H,4-8,11H2,1-3H3. The van der Waals surface area contributed by atoms with E-state index < -0.39 is 0 Å². The molecule has 0 saturated heterocycles. The first-order valence-electron chi connectivity index (χ1n) is 9.73. The lowest BCUT2D eigenvalue weighted by Gasteiger charge is -2.15. The van der Waals surface area contributed by atoms with E-state index in [1.807, 2.05) is 30.3 Å². The van der Waals surface area contributed by atoms with Crippen LogP contribution in [0.25, 0.3) is 16.7 Å². The molecule has 4 nitrogen and oxygen atoms in total. The highest BCUT2D eigenvalue weighted by Gasteiger charge is 2.13. The van der Waals surface area contributed by atoms with Gasteiger partial charge in [0.05, 0.1) is 7.11 Å². The quantitative estimate of drug-likeness (QED) is 0.451. The predicted molar refractivity (Wildman–Crippen MR) is 107 cm³/mol. The zero-order valence-electron chi connectivity index (χ0n) is 16.1. The van der Waals surface area contributed by atoms with Gasteiger partial charge in [-0.2, -0.15) is 0 Å². The molecule has 2 aromatic carbocycles. The van der Waals surface area contributed by atoms with E-state index in [1.54, 1.807) is 11.9 Å². The summed E-state index contributed by atoms with van der Waals surface area (Å²) in [5.41, 5.74) is 4.00. The highest BCUT2D eigenvalue weighted by Crippen LogP contribution is 2.29. The third-order valence-electron chi connectivity index (χ3n) is 5.01. The maximum atomic E-state index is 5.56. The SMILES string of the molecule is CCCCCCCC(C)c1ccc(OC)c(-n2nc3ccccc3n2)c1. The molecule has 0 aliphatic rings. The first-order chi connectivity index (χ1) is 12.7. The number of hydrogen-bond donors (Lipinski definition) is 0.